The molecule has 46 heavy (non-hydrogen) atoms. The van der Waals surface area contributed by atoms with Crippen LogP contribution >= 0.6 is 0 Å². The summed E-state index contributed by atoms with van der Waals surface area (Å²) in [6, 6.07) is 13.8. The molecule has 0 bridgehead atoms. The molecular formula is C38H51F3N2O3. The minimum absolute atomic E-state index is 0.138. The summed E-state index contributed by atoms with van der Waals surface area (Å²) in [6.45, 7) is 6.75. The van der Waals surface area contributed by atoms with E-state index in [1.807, 2.05) is 6.07 Å². The van der Waals surface area contributed by atoms with E-state index in [0.717, 1.165) is 49.7 Å². The van der Waals surface area contributed by atoms with Gasteiger partial charge in [-0.05, 0) is 69.4 Å². The van der Waals surface area contributed by atoms with Crippen LogP contribution in [-0.2, 0) is 4.79 Å². The van der Waals surface area contributed by atoms with Crippen LogP contribution < -0.4 is 9.47 Å². The number of alkyl halides is 3. The molecule has 0 fully saturated rings. The topological polar surface area (TPSA) is 61.3 Å². The highest BCUT2D eigenvalue weighted by Crippen LogP contribution is 2.32. The van der Waals surface area contributed by atoms with Gasteiger partial charge in [0.15, 0.2) is 12.0 Å². The highest BCUT2D eigenvalue weighted by atomic mass is 19.2. The third kappa shape index (κ3) is 11.7. The summed E-state index contributed by atoms with van der Waals surface area (Å²) < 4.78 is 55.2. The van der Waals surface area contributed by atoms with Crippen molar-refractivity contribution < 1.29 is 27.4 Å². The lowest BCUT2D eigenvalue weighted by Gasteiger charge is -2.24. The third-order valence-electron chi connectivity index (χ3n) is 8.27. The van der Waals surface area contributed by atoms with Gasteiger partial charge in [0.05, 0.1) is 5.56 Å². The number of unbranched alkanes of at least 4 members (excludes halogenated alkanes) is 9. The summed E-state index contributed by atoms with van der Waals surface area (Å²) >= 11 is 0. The van der Waals surface area contributed by atoms with Gasteiger partial charge in [0.1, 0.15) is 23.8 Å². The first kappa shape index (κ1) is 37.0. The minimum atomic E-state index is -2.05. The molecule has 1 aromatic heterocycles. The van der Waals surface area contributed by atoms with Gasteiger partial charge in [-0.25, -0.2) is 27.9 Å². The number of benzene rings is 2. The molecule has 0 spiro atoms. The maximum atomic E-state index is 15.1. The summed E-state index contributed by atoms with van der Waals surface area (Å²) in [5.41, 5.74) is 0.0373. The Morgan fingerprint density at radius 1 is 0.804 bits per heavy atom. The van der Waals surface area contributed by atoms with E-state index in [1.54, 1.807) is 54.9 Å². The van der Waals surface area contributed by atoms with Gasteiger partial charge in [0.25, 0.3) is 0 Å². The van der Waals surface area contributed by atoms with Gasteiger partial charge < -0.3 is 9.47 Å². The van der Waals surface area contributed by atoms with Crippen molar-refractivity contribution in [3.8, 4) is 34.0 Å². The SMILES string of the molecule is CCCCCCCCCCC(C)(F)C(=O)Oc1ccc(-c2cnc(-c3ccccc3OC(CCCCC)C(F)C(C)F)nc2)cc1. The van der Waals surface area contributed by atoms with Crippen molar-refractivity contribution in [1.82, 2.24) is 9.97 Å². The molecule has 0 aliphatic rings. The molecule has 0 amide bonds. The molecular weight excluding hydrogens is 589 g/mol. The van der Waals surface area contributed by atoms with Crippen LogP contribution in [0.3, 0.4) is 0 Å². The molecule has 4 unspecified atom stereocenters. The number of hydrogen-bond acceptors (Lipinski definition) is 5. The van der Waals surface area contributed by atoms with Crippen LogP contribution in [0, 0.1) is 0 Å². The van der Waals surface area contributed by atoms with Gasteiger partial charge in [-0.3, -0.25) is 0 Å². The van der Waals surface area contributed by atoms with Crippen LogP contribution in [0.25, 0.3) is 22.5 Å². The molecule has 4 atom stereocenters. The van der Waals surface area contributed by atoms with Crippen molar-refractivity contribution in [2.24, 2.45) is 0 Å². The molecule has 1 heterocycles. The Bertz CT molecular complexity index is 1300. The lowest BCUT2D eigenvalue weighted by atomic mass is 9.99. The average Bonchev–Trinajstić information content (AvgIpc) is 3.06. The number of para-hydroxylation sites is 1. The van der Waals surface area contributed by atoms with Crippen molar-refractivity contribution in [1.29, 1.82) is 0 Å². The smallest absolute Gasteiger partial charge is 0.348 e. The summed E-state index contributed by atoms with van der Waals surface area (Å²) in [4.78, 5) is 21.6. The Labute approximate surface area is 273 Å². The molecule has 0 saturated carbocycles. The lowest BCUT2D eigenvalue weighted by Crippen LogP contribution is -2.34. The second kappa shape index (κ2) is 19.3. The first-order chi connectivity index (χ1) is 22.2. The number of esters is 1. The number of carbonyl (C=O) groups excluding carboxylic acids is 1. The zero-order valence-electron chi connectivity index (χ0n) is 28.0. The van der Waals surface area contributed by atoms with Crippen LogP contribution in [0.1, 0.15) is 111 Å². The average molecular weight is 641 g/mol. The van der Waals surface area contributed by atoms with Gasteiger partial charge in [-0.1, -0.05) is 95.9 Å². The second-order valence-corrected chi connectivity index (χ2v) is 12.4. The predicted molar refractivity (Wildman–Crippen MR) is 179 cm³/mol. The van der Waals surface area contributed by atoms with E-state index < -0.39 is 30.1 Å². The van der Waals surface area contributed by atoms with Crippen molar-refractivity contribution >= 4 is 5.97 Å². The first-order valence-electron chi connectivity index (χ1n) is 17.0. The third-order valence-corrected chi connectivity index (χ3v) is 8.27. The second-order valence-electron chi connectivity index (χ2n) is 12.4. The molecule has 8 heteroatoms. The van der Waals surface area contributed by atoms with E-state index in [1.165, 1.54) is 39.5 Å². The molecule has 0 radical (unpaired) electrons. The van der Waals surface area contributed by atoms with Crippen molar-refractivity contribution in [2.45, 2.75) is 135 Å². The summed E-state index contributed by atoms with van der Waals surface area (Å²) in [5, 5.41) is 0. The van der Waals surface area contributed by atoms with Gasteiger partial charge in [-0.2, -0.15) is 0 Å². The maximum Gasteiger partial charge on any atom is 0.348 e. The Balaban J connectivity index is 1.59. The fourth-order valence-corrected chi connectivity index (χ4v) is 5.33. The van der Waals surface area contributed by atoms with E-state index in [9.17, 15) is 13.6 Å². The van der Waals surface area contributed by atoms with Gasteiger partial charge in [0.2, 0.25) is 5.67 Å². The number of nitrogens with zero attached hydrogens (tertiary/aromatic N) is 2. The summed E-state index contributed by atoms with van der Waals surface area (Å²) in [7, 11) is 0. The zero-order valence-corrected chi connectivity index (χ0v) is 28.0. The Morgan fingerprint density at radius 2 is 1.39 bits per heavy atom. The minimum Gasteiger partial charge on any atom is -0.487 e. The van der Waals surface area contributed by atoms with E-state index in [-0.39, 0.29) is 12.2 Å². The Hall–Kier alpha value is -3.42. The maximum absolute atomic E-state index is 15.1. The predicted octanol–water partition coefficient (Wildman–Crippen LogP) is 11.0. The highest BCUT2D eigenvalue weighted by molar-refractivity contribution is 5.81. The van der Waals surface area contributed by atoms with E-state index >= 15 is 4.39 Å². The number of ether oxygens (including phenoxy) is 2. The largest absolute Gasteiger partial charge is 0.487 e. The van der Waals surface area contributed by atoms with Crippen LogP contribution in [0.2, 0.25) is 0 Å². The molecule has 2 aromatic carbocycles. The van der Waals surface area contributed by atoms with Crippen LogP contribution in [0.5, 0.6) is 11.5 Å². The first-order valence-corrected chi connectivity index (χ1v) is 17.0. The molecule has 0 aliphatic carbocycles. The van der Waals surface area contributed by atoms with Crippen LogP contribution in [0.4, 0.5) is 13.2 Å². The summed E-state index contributed by atoms with van der Waals surface area (Å²) in [6.07, 6.45) is 10.9. The number of aromatic nitrogens is 2. The van der Waals surface area contributed by atoms with Gasteiger partial charge in [0, 0.05) is 18.0 Å². The Kier molecular flexibility index (Phi) is 15.5. The molecule has 5 nitrogen and oxygen atoms in total. The fourth-order valence-electron chi connectivity index (χ4n) is 5.33. The summed E-state index contributed by atoms with van der Waals surface area (Å²) in [5.74, 6) is 0.164. The quantitative estimate of drug-likeness (QED) is 0.0659. The molecule has 0 N–H and O–H groups in total. The van der Waals surface area contributed by atoms with Crippen LogP contribution in [-0.4, -0.2) is 40.1 Å². The Morgan fingerprint density at radius 3 is 2.02 bits per heavy atom. The number of carbonyl (C=O) groups is 1. The molecule has 3 rings (SSSR count). The van der Waals surface area contributed by atoms with Gasteiger partial charge >= 0.3 is 5.97 Å². The van der Waals surface area contributed by atoms with Crippen LogP contribution in [0.15, 0.2) is 60.9 Å². The number of hydrogen-bond donors (Lipinski definition) is 0. The number of halogens is 3. The standard InChI is InChI=1S/C38H51F3N2O3/c1-5-7-9-10-11-12-13-17-25-38(4,41)37(44)45-31-23-21-29(22-24-31)30-26-42-36(43-27-30)32-18-15-16-19-33(32)46-34(20-14-8-6-2)35(40)28(3)39/h15-16,18-19,21-24,26-28,34-35H,5-14,17,20,25H2,1-4H3. The van der Waals surface area contributed by atoms with E-state index in [2.05, 4.69) is 23.8 Å². The molecule has 0 aliphatic heterocycles. The van der Waals surface area contributed by atoms with Gasteiger partial charge in [-0.15, -0.1) is 0 Å². The molecule has 252 valence electrons. The van der Waals surface area contributed by atoms with E-state index in [4.69, 9.17) is 9.47 Å². The number of rotatable bonds is 21. The van der Waals surface area contributed by atoms with Crippen molar-refractivity contribution in [3.05, 3.63) is 60.9 Å². The zero-order chi connectivity index (χ0) is 33.4. The monoisotopic (exact) mass is 640 g/mol. The van der Waals surface area contributed by atoms with Crippen molar-refractivity contribution in [2.75, 3.05) is 0 Å². The molecule has 3 aromatic rings. The molecule has 0 saturated heterocycles. The normalized spacial score (nSPS) is 14.7. The van der Waals surface area contributed by atoms with E-state index in [0.29, 0.717) is 30.0 Å². The highest BCUT2D eigenvalue weighted by Gasteiger charge is 2.34. The fraction of sp³-hybridized carbons (Fsp3) is 0.553. The van der Waals surface area contributed by atoms with Crippen molar-refractivity contribution in [3.63, 3.8) is 0 Å². The lowest BCUT2D eigenvalue weighted by molar-refractivity contribution is -0.147.